The third-order valence-corrected chi connectivity index (χ3v) is 3.41. The summed E-state index contributed by atoms with van der Waals surface area (Å²) in [6.07, 6.45) is -2.34. The number of halogens is 2. The Hall–Kier alpha value is -2.43. The summed E-state index contributed by atoms with van der Waals surface area (Å²) in [5.74, 6) is 0.0768. The highest BCUT2D eigenvalue weighted by Crippen LogP contribution is 2.33. The molecule has 0 heterocycles. The molecule has 0 amide bonds. The first-order valence-corrected chi connectivity index (χ1v) is 7.37. The number of nitrogens with zero attached hydrogens (tertiary/aromatic N) is 2. The molecule has 23 heavy (non-hydrogen) atoms. The van der Waals surface area contributed by atoms with Crippen LogP contribution in [0.2, 0.25) is 0 Å². The lowest BCUT2D eigenvalue weighted by molar-refractivity contribution is -0.158. The van der Waals surface area contributed by atoms with Crippen LogP contribution in [0, 0.1) is 6.92 Å². The van der Waals surface area contributed by atoms with Gasteiger partial charge < -0.3 is 4.74 Å². The fourth-order valence-corrected chi connectivity index (χ4v) is 2.29. The molecule has 0 aliphatic heterocycles. The molecule has 0 aliphatic rings. The first-order chi connectivity index (χ1) is 10.8. The summed E-state index contributed by atoms with van der Waals surface area (Å²) in [6.45, 7) is 8.34. The fraction of sp³-hybridized carbons (Fsp3) is 0.278. The molecule has 2 aromatic rings. The van der Waals surface area contributed by atoms with Gasteiger partial charge >= 0.3 is 6.11 Å². The molecule has 0 unspecified atom stereocenters. The maximum atomic E-state index is 13.0. The van der Waals surface area contributed by atoms with E-state index in [0.717, 1.165) is 23.2 Å². The van der Waals surface area contributed by atoms with Gasteiger partial charge in [0.2, 0.25) is 0 Å². The quantitative estimate of drug-likeness (QED) is 0.533. The van der Waals surface area contributed by atoms with E-state index in [-0.39, 0.29) is 5.75 Å². The molecule has 2 rings (SSSR count). The van der Waals surface area contributed by atoms with Gasteiger partial charge in [-0.25, -0.2) is 5.01 Å². The molecule has 0 saturated heterocycles. The van der Waals surface area contributed by atoms with E-state index in [9.17, 15) is 8.78 Å². The van der Waals surface area contributed by atoms with E-state index < -0.39 is 6.11 Å². The maximum absolute atomic E-state index is 13.0. The van der Waals surface area contributed by atoms with Gasteiger partial charge in [0.05, 0.1) is 11.4 Å². The number of alkyl halides is 2. The van der Waals surface area contributed by atoms with E-state index >= 15 is 0 Å². The van der Waals surface area contributed by atoms with Crippen molar-refractivity contribution in [2.45, 2.75) is 33.3 Å². The van der Waals surface area contributed by atoms with Gasteiger partial charge in [-0.2, -0.15) is 13.9 Å². The van der Waals surface area contributed by atoms with Gasteiger partial charge in [0.15, 0.2) is 0 Å². The van der Waals surface area contributed by atoms with Gasteiger partial charge in [-0.05, 0) is 42.7 Å². The molecule has 0 fully saturated rings. The van der Waals surface area contributed by atoms with Crippen molar-refractivity contribution in [1.29, 1.82) is 0 Å². The van der Waals surface area contributed by atoms with E-state index in [4.69, 9.17) is 0 Å². The zero-order chi connectivity index (χ0) is 17.0. The second kappa shape index (κ2) is 6.77. The van der Waals surface area contributed by atoms with E-state index in [2.05, 4.69) is 29.5 Å². The molecular formula is C18H20F2N2O. The molecule has 2 aromatic carbocycles. The Kier molecular flexibility index (Phi) is 4.98. The molecular weight excluding hydrogens is 298 g/mol. The lowest BCUT2D eigenvalue weighted by Gasteiger charge is -2.22. The van der Waals surface area contributed by atoms with Crippen LogP contribution >= 0.6 is 0 Å². The molecule has 0 radical (unpaired) electrons. The van der Waals surface area contributed by atoms with E-state index in [1.807, 2.05) is 19.1 Å². The van der Waals surface area contributed by atoms with Gasteiger partial charge in [0.1, 0.15) is 5.75 Å². The third-order valence-electron chi connectivity index (χ3n) is 3.41. The van der Waals surface area contributed by atoms with Crippen LogP contribution < -0.4 is 9.75 Å². The Morgan fingerprint density at radius 3 is 2.57 bits per heavy atom. The summed E-state index contributed by atoms with van der Waals surface area (Å²) in [7, 11) is 0. The minimum atomic E-state index is -3.23. The summed E-state index contributed by atoms with van der Waals surface area (Å²) in [4.78, 5) is 0. The Morgan fingerprint density at radius 1 is 1.22 bits per heavy atom. The largest absolute Gasteiger partial charge is 0.433 e. The molecule has 0 aromatic heterocycles. The predicted molar refractivity (Wildman–Crippen MR) is 89.9 cm³/mol. The molecule has 3 nitrogen and oxygen atoms in total. The summed E-state index contributed by atoms with van der Waals surface area (Å²) < 4.78 is 30.7. The minimum Gasteiger partial charge on any atom is -0.433 e. The minimum absolute atomic E-state index is 0.0768. The first-order valence-electron chi connectivity index (χ1n) is 7.37. The molecule has 0 spiro atoms. The van der Waals surface area contributed by atoms with Crippen molar-refractivity contribution >= 4 is 18.1 Å². The molecule has 122 valence electrons. The molecule has 0 saturated carbocycles. The highest BCUT2D eigenvalue weighted by Gasteiger charge is 2.23. The molecule has 5 heteroatoms. The monoisotopic (exact) mass is 318 g/mol. The standard InChI is InChI=1S/C18H20F2N2O/c1-5-14-10-9-13(2)17(11-14)22(21-4)15-7-6-8-16(12-15)23-18(3,19)20/h6-12H,4-5H2,1-3H3. The Morgan fingerprint density at radius 2 is 1.96 bits per heavy atom. The molecule has 0 aliphatic carbocycles. The summed E-state index contributed by atoms with van der Waals surface area (Å²) in [6, 6.07) is 12.5. The Bertz CT molecular complexity index is 696. The average molecular weight is 318 g/mol. The third kappa shape index (κ3) is 4.28. The number of hydrogen-bond acceptors (Lipinski definition) is 3. The SMILES string of the molecule is C=NN(c1cccc(OC(C)(F)F)c1)c1cc(CC)ccc1C. The number of rotatable bonds is 6. The fourth-order valence-electron chi connectivity index (χ4n) is 2.29. The van der Waals surface area contributed by atoms with Crippen molar-refractivity contribution in [3.05, 3.63) is 53.6 Å². The number of aryl methyl sites for hydroxylation is 2. The highest BCUT2D eigenvalue weighted by molar-refractivity contribution is 5.68. The number of benzene rings is 2. The number of hydrazone groups is 1. The van der Waals surface area contributed by atoms with Crippen molar-refractivity contribution < 1.29 is 13.5 Å². The Labute approximate surface area is 135 Å². The van der Waals surface area contributed by atoms with E-state index in [1.165, 1.54) is 12.1 Å². The second-order valence-corrected chi connectivity index (χ2v) is 5.33. The smallest absolute Gasteiger partial charge is 0.394 e. The molecule has 0 N–H and O–H groups in total. The summed E-state index contributed by atoms with van der Waals surface area (Å²) >= 11 is 0. The van der Waals surface area contributed by atoms with Crippen molar-refractivity contribution in [2.75, 3.05) is 5.01 Å². The molecule has 0 atom stereocenters. The van der Waals surface area contributed by atoms with Crippen molar-refractivity contribution in [3.8, 4) is 5.75 Å². The lowest BCUT2D eigenvalue weighted by atomic mass is 10.1. The van der Waals surface area contributed by atoms with Gasteiger partial charge in [0, 0.05) is 19.7 Å². The van der Waals surface area contributed by atoms with Gasteiger partial charge in [0.25, 0.3) is 0 Å². The van der Waals surface area contributed by atoms with Gasteiger partial charge in [-0.1, -0.05) is 25.1 Å². The van der Waals surface area contributed by atoms with Crippen molar-refractivity contribution in [3.63, 3.8) is 0 Å². The van der Waals surface area contributed by atoms with Crippen LogP contribution in [0.4, 0.5) is 20.2 Å². The summed E-state index contributed by atoms with van der Waals surface area (Å²) in [5, 5.41) is 5.66. The lowest BCUT2D eigenvalue weighted by Crippen LogP contribution is -2.19. The number of hydrogen-bond donors (Lipinski definition) is 0. The zero-order valence-corrected chi connectivity index (χ0v) is 13.5. The maximum Gasteiger partial charge on any atom is 0.394 e. The summed E-state index contributed by atoms with van der Waals surface area (Å²) in [5.41, 5.74) is 3.64. The number of ether oxygens (including phenoxy) is 1. The van der Waals surface area contributed by atoms with Crippen LogP contribution in [0.25, 0.3) is 0 Å². The highest BCUT2D eigenvalue weighted by atomic mass is 19.3. The van der Waals surface area contributed by atoms with Crippen LogP contribution in [-0.4, -0.2) is 12.8 Å². The molecule has 0 bridgehead atoms. The number of anilines is 2. The van der Waals surface area contributed by atoms with Crippen LogP contribution in [0.3, 0.4) is 0 Å². The van der Waals surface area contributed by atoms with Gasteiger partial charge in [-0.15, -0.1) is 0 Å². The Balaban J connectivity index is 2.42. The second-order valence-electron chi connectivity index (χ2n) is 5.33. The first kappa shape index (κ1) is 16.9. The van der Waals surface area contributed by atoms with Crippen LogP contribution in [0.5, 0.6) is 5.75 Å². The normalized spacial score (nSPS) is 11.2. The van der Waals surface area contributed by atoms with E-state index in [1.54, 1.807) is 17.1 Å². The van der Waals surface area contributed by atoms with Crippen LogP contribution in [0.15, 0.2) is 47.6 Å². The zero-order valence-electron chi connectivity index (χ0n) is 13.5. The van der Waals surface area contributed by atoms with Crippen molar-refractivity contribution in [1.82, 2.24) is 0 Å². The van der Waals surface area contributed by atoms with Crippen molar-refractivity contribution in [2.24, 2.45) is 5.10 Å². The van der Waals surface area contributed by atoms with Crippen LogP contribution in [-0.2, 0) is 6.42 Å². The van der Waals surface area contributed by atoms with Gasteiger partial charge in [-0.3, -0.25) is 0 Å². The predicted octanol–water partition coefficient (Wildman–Crippen LogP) is 5.30. The average Bonchev–Trinajstić information content (AvgIpc) is 2.48. The van der Waals surface area contributed by atoms with Crippen LogP contribution in [0.1, 0.15) is 25.0 Å². The topological polar surface area (TPSA) is 24.8 Å². The van der Waals surface area contributed by atoms with E-state index in [0.29, 0.717) is 12.6 Å².